The number of benzene rings is 1. The molecule has 0 aliphatic rings. The molecule has 0 aliphatic heterocycles. The maximum Gasteiger partial charge on any atom is 0.0621 e. The van der Waals surface area contributed by atoms with Crippen molar-refractivity contribution in [2.45, 2.75) is 12.3 Å². The Morgan fingerprint density at radius 3 is 2.59 bits per heavy atom. The molecule has 2 aromatic rings. The normalized spacial score (nSPS) is 12.4. The van der Waals surface area contributed by atoms with Crippen LogP contribution < -0.4 is 5.73 Å². The molecule has 0 amide bonds. The van der Waals surface area contributed by atoms with E-state index in [1.807, 2.05) is 24.3 Å². The van der Waals surface area contributed by atoms with Crippen LogP contribution in [-0.4, -0.2) is 11.5 Å². The second kappa shape index (κ2) is 5.80. The van der Waals surface area contributed by atoms with Gasteiger partial charge < -0.3 is 5.73 Å². The Morgan fingerprint density at radius 1 is 1.18 bits per heavy atom. The third-order valence-electron chi connectivity index (χ3n) is 2.88. The van der Waals surface area contributed by atoms with Gasteiger partial charge in [-0.2, -0.15) is 0 Å². The zero-order valence-electron chi connectivity index (χ0n) is 9.51. The summed E-state index contributed by atoms with van der Waals surface area (Å²) in [6, 6.07) is 12.2. The van der Waals surface area contributed by atoms with E-state index in [2.05, 4.69) is 17.1 Å². The zero-order valence-corrected chi connectivity index (χ0v) is 10.3. The molecule has 1 heterocycles. The SMILES string of the molecule is NCC(Cc1ccncc1Cl)c1ccccc1. The number of hydrogen-bond donors (Lipinski definition) is 1. The van der Waals surface area contributed by atoms with Crippen LogP contribution in [0.15, 0.2) is 48.8 Å². The fourth-order valence-corrected chi connectivity index (χ4v) is 2.09. The summed E-state index contributed by atoms with van der Waals surface area (Å²) in [6.07, 6.45) is 4.29. The number of nitrogens with two attached hydrogens (primary N) is 1. The van der Waals surface area contributed by atoms with Crippen LogP contribution in [-0.2, 0) is 6.42 Å². The highest BCUT2D eigenvalue weighted by atomic mass is 35.5. The average Bonchev–Trinajstić information content (AvgIpc) is 2.39. The van der Waals surface area contributed by atoms with Gasteiger partial charge in [-0.25, -0.2) is 0 Å². The van der Waals surface area contributed by atoms with E-state index in [-0.39, 0.29) is 0 Å². The molecule has 2 N–H and O–H groups in total. The minimum atomic E-state index is 0.302. The molecule has 0 spiro atoms. The summed E-state index contributed by atoms with van der Waals surface area (Å²) in [5.41, 5.74) is 8.19. The topological polar surface area (TPSA) is 38.9 Å². The Kier molecular flexibility index (Phi) is 4.13. The highest BCUT2D eigenvalue weighted by Crippen LogP contribution is 2.23. The summed E-state index contributed by atoms with van der Waals surface area (Å²) >= 11 is 6.11. The highest BCUT2D eigenvalue weighted by molar-refractivity contribution is 6.31. The van der Waals surface area contributed by atoms with Crippen LogP contribution in [0.5, 0.6) is 0 Å². The van der Waals surface area contributed by atoms with Crippen molar-refractivity contribution in [3.05, 3.63) is 64.9 Å². The lowest BCUT2D eigenvalue weighted by Crippen LogP contribution is -2.15. The van der Waals surface area contributed by atoms with Crippen LogP contribution in [0.1, 0.15) is 17.0 Å². The van der Waals surface area contributed by atoms with Crippen molar-refractivity contribution in [1.29, 1.82) is 0 Å². The fraction of sp³-hybridized carbons (Fsp3) is 0.214. The molecule has 2 rings (SSSR count). The number of hydrogen-bond acceptors (Lipinski definition) is 2. The summed E-state index contributed by atoms with van der Waals surface area (Å²) in [5, 5.41) is 0.710. The molecule has 0 fully saturated rings. The molecule has 1 unspecified atom stereocenters. The smallest absolute Gasteiger partial charge is 0.0621 e. The molecule has 0 aliphatic carbocycles. The van der Waals surface area contributed by atoms with Crippen LogP contribution in [0.4, 0.5) is 0 Å². The monoisotopic (exact) mass is 246 g/mol. The van der Waals surface area contributed by atoms with Crippen LogP contribution in [0, 0.1) is 0 Å². The Bertz CT molecular complexity index is 471. The second-order valence-corrected chi connectivity index (χ2v) is 4.42. The number of pyridine rings is 1. The van der Waals surface area contributed by atoms with Crippen molar-refractivity contribution < 1.29 is 0 Å². The Hall–Kier alpha value is -1.38. The number of halogens is 1. The van der Waals surface area contributed by atoms with Crippen LogP contribution in [0.3, 0.4) is 0 Å². The maximum absolute atomic E-state index is 6.11. The molecule has 1 aromatic heterocycles. The third-order valence-corrected chi connectivity index (χ3v) is 3.22. The van der Waals surface area contributed by atoms with E-state index in [0.29, 0.717) is 17.5 Å². The molecule has 1 aromatic carbocycles. The van der Waals surface area contributed by atoms with Gasteiger partial charge in [0, 0.05) is 18.3 Å². The predicted molar refractivity (Wildman–Crippen MR) is 71.2 cm³/mol. The first-order chi connectivity index (χ1) is 8.31. The van der Waals surface area contributed by atoms with Gasteiger partial charge in [0.05, 0.1) is 5.02 Å². The third kappa shape index (κ3) is 3.05. The summed E-state index contributed by atoms with van der Waals surface area (Å²) < 4.78 is 0. The van der Waals surface area contributed by atoms with Gasteiger partial charge in [0.1, 0.15) is 0 Å². The van der Waals surface area contributed by atoms with Crippen molar-refractivity contribution in [3.8, 4) is 0 Å². The lowest BCUT2D eigenvalue weighted by molar-refractivity contribution is 0.694. The largest absolute Gasteiger partial charge is 0.330 e. The second-order valence-electron chi connectivity index (χ2n) is 4.01. The van der Waals surface area contributed by atoms with Gasteiger partial charge >= 0.3 is 0 Å². The fourth-order valence-electron chi connectivity index (χ4n) is 1.90. The molecule has 1 atom stereocenters. The molecule has 88 valence electrons. The lowest BCUT2D eigenvalue weighted by atomic mass is 9.92. The first-order valence-corrected chi connectivity index (χ1v) is 6.02. The number of rotatable bonds is 4. The standard InChI is InChI=1S/C14H15ClN2/c15-14-10-17-7-6-12(14)8-13(9-16)11-4-2-1-3-5-11/h1-7,10,13H,8-9,16H2. The van der Waals surface area contributed by atoms with Crippen LogP contribution in [0.2, 0.25) is 5.02 Å². The molecule has 17 heavy (non-hydrogen) atoms. The van der Waals surface area contributed by atoms with Crippen molar-refractivity contribution in [2.24, 2.45) is 5.73 Å². The van der Waals surface area contributed by atoms with Gasteiger partial charge in [-0.3, -0.25) is 4.98 Å². The number of nitrogens with zero attached hydrogens (tertiary/aromatic N) is 1. The molecular weight excluding hydrogens is 232 g/mol. The summed E-state index contributed by atoms with van der Waals surface area (Å²) in [7, 11) is 0. The van der Waals surface area contributed by atoms with Gasteiger partial charge in [0.25, 0.3) is 0 Å². The summed E-state index contributed by atoms with van der Waals surface area (Å²) in [4.78, 5) is 3.99. The van der Waals surface area contributed by atoms with E-state index in [1.165, 1.54) is 5.56 Å². The van der Waals surface area contributed by atoms with E-state index in [1.54, 1.807) is 12.4 Å². The van der Waals surface area contributed by atoms with Gasteiger partial charge in [-0.05, 0) is 30.2 Å². The average molecular weight is 247 g/mol. The molecule has 0 bridgehead atoms. The highest BCUT2D eigenvalue weighted by Gasteiger charge is 2.11. The zero-order chi connectivity index (χ0) is 12.1. The summed E-state index contributed by atoms with van der Waals surface area (Å²) in [6.45, 7) is 0.614. The Labute approximate surface area is 106 Å². The quantitative estimate of drug-likeness (QED) is 0.901. The predicted octanol–water partition coefficient (Wildman–Crippen LogP) is 3.02. The number of aromatic nitrogens is 1. The van der Waals surface area contributed by atoms with Gasteiger partial charge in [0.15, 0.2) is 0 Å². The molecule has 0 saturated carbocycles. The van der Waals surface area contributed by atoms with E-state index in [4.69, 9.17) is 17.3 Å². The van der Waals surface area contributed by atoms with E-state index < -0.39 is 0 Å². The molecule has 3 heteroatoms. The minimum absolute atomic E-state index is 0.302. The Balaban J connectivity index is 2.19. The maximum atomic E-state index is 6.11. The Morgan fingerprint density at radius 2 is 1.94 bits per heavy atom. The van der Waals surface area contributed by atoms with E-state index >= 15 is 0 Å². The lowest BCUT2D eigenvalue weighted by Gasteiger charge is -2.15. The first kappa shape index (κ1) is 12.1. The molecule has 0 radical (unpaired) electrons. The van der Waals surface area contributed by atoms with Crippen LogP contribution in [0.25, 0.3) is 0 Å². The van der Waals surface area contributed by atoms with Crippen molar-refractivity contribution in [2.75, 3.05) is 6.54 Å². The first-order valence-electron chi connectivity index (χ1n) is 5.64. The van der Waals surface area contributed by atoms with E-state index in [0.717, 1.165) is 12.0 Å². The van der Waals surface area contributed by atoms with E-state index in [9.17, 15) is 0 Å². The molecule has 2 nitrogen and oxygen atoms in total. The minimum Gasteiger partial charge on any atom is -0.330 e. The van der Waals surface area contributed by atoms with Crippen molar-refractivity contribution in [3.63, 3.8) is 0 Å². The van der Waals surface area contributed by atoms with Gasteiger partial charge in [0.2, 0.25) is 0 Å². The van der Waals surface area contributed by atoms with Gasteiger partial charge in [-0.1, -0.05) is 41.9 Å². The summed E-state index contributed by atoms with van der Waals surface area (Å²) in [5.74, 6) is 0.302. The van der Waals surface area contributed by atoms with Crippen molar-refractivity contribution in [1.82, 2.24) is 4.98 Å². The molecular formula is C14H15ClN2. The van der Waals surface area contributed by atoms with Gasteiger partial charge in [-0.15, -0.1) is 0 Å². The molecule has 0 saturated heterocycles. The van der Waals surface area contributed by atoms with Crippen LogP contribution >= 0.6 is 11.6 Å². The van der Waals surface area contributed by atoms with Crippen molar-refractivity contribution >= 4 is 11.6 Å².